The Morgan fingerprint density at radius 1 is 1.23 bits per heavy atom. The number of nitrogens with one attached hydrogen (secondary N) is 1. The fraction of sp³-hybridized carbons (Fsp3) is 0.143. The van der Waals surface area contributed by atoms with Crippen molar-refractivity contribution in [3.8, 4) is 5.75 Å². The maximum Gasteiger partial charge on any atom is 0.269 e. The van der Waals surface area contributed by atoms with E-state index in [9.17, 15) is 9.59 Å². The summed E-state index contributed by atoms with van der Waals surface area (Å²) in [4.78, 5) is 23.9. The standard InChI is InChI=1S/C14H11Cl3N2O3/c1-22-12-3-2-8(15)5-11(12)18-13(20)7-19-6-9(16)4-10(17)14(19)21/h2-6H,7H2,1H3,(H,18,20). The summed E-state index contributed by atoms with van der Waals surface area (Å²) in [7, 11) is 1.47. The molecular formula is C14H11Cl3N2O3. The molecule has 2 aromatic rings. The van der Waals surface area contributed by atoms with Gasteiger partial charge in [0.25, 0.3) is 5.56 Å². The van der Waals surface area contributed by atoms with Crippen molar-refractivity contribution in [2.45, 2.75) is 6.54 Å². The summed E-state index contributed by atoms with van der Waals surface area (Å²) in [6, 6.07) is 6.13. The van der Waals surface area contributed by atoms with Crippen LogP contribution in [0.1, 0.15) is 0 Å². The number of hydrogen-bond acceptors (Lipinski definition) is 3. The number of aromatic nitrogens is 1. The quantitative estimate of drug-likeness (QED) is 0.907. The molecule has 0 aliphatic heterocycles. The highest BCUT2D eigenvalue weighted by Crippen LogP contribution is 2.27. The molecule has 22 heavy (non-hydrogen) atoms. The zero-order chi connectivity index (χ0) is 16.3. The van der Waals surface area contributed by atoms with Crippen molar-refractivity contribution in [3.63, 3.8) is 0 Å². The monoisotopic (exact) mass is 360 g/mol. The predicted octanol–water partition coefficient (Wildman–Crippen LogP) is 3.46. The van der Waals surface area contributed by atoms with Gasteiger partial charge in [0, 0.05) is 11.2 Å². The molecule has 0 aliphatic rings. The molecule has 0 unspecified atom stereocenters. The first-order valence-electron chi connectivity index (χ1n) is 6.09. The summed E-state index contributed by atoms with van der Waals surface area (Å²) in [5.74, 6) is 0.00947. The van der Waals surface area contributed by atoms with Gasteiger partial charge in [-0.2, -0.15) is 0 Å². The van der Waals surface area contributed by atoms with Crippen LogP contribution in [-0.4, -0.2) is 17.6 Å². The second-order valence-corrected chi connectivity index (χ2v) is 5.61. The number of carbonyl (C=O) groups is 1. The van der Waals surface area contributed by atoms with Gasteiger partial charge < -0.3 is 14.6 Å². The van der Waals surface area contributed by atoms with Gasteiger partial charge in [-0.05, 0) is 24.3 Å². The molecule has 0 saturated carbocycles. The minimum absolute atomic E-state index is 0.0550. The van der Waals surface area contributed by atoms with E-state index in [0.717, 1.165) is 4.57 Å². The zero-order valence-corrected chi connectivity index (χ0v) is 13.7. The maximum atomic E-state index is 12.1. The first kappa shape index (κ1) is 16.7. The molecular weight excluding hydrogens is 351 g/mol. The van der Waals surface area contributed by atoms with E-state index in [2.05, 4.69) is 5.32 Å². The molecule has 0 radical (unpaired) electrons. The maximum absolute atomic E-state index is 12.1. The van der Waals surface area contributed by atoms with Gasteiger partial charge in [-0.15, -0.1) is 0 Å². The van der Waals surface area contributed by atoms with Crippen molar-refractivity contribution in [1.82, 2.24) is 4.57 Å². The van der Waals surface area contributed by atoms with E-state index in [1.165, 1.54) is 19.4 Å². The molecule has 0 fully saturated rings. The largest absolute Gasteiger partial charge is 0.495 e. The number of rotatable bonds is 4. The van der Waals surface area contributed by atoms with Crippen LogP contribution in [0.25, 0.3) is 0 Å². The summed E-state index contributed by atoms with van der Waals surface area (Å²) in [6.07, 6.45) is 1.34. The Hall–Kier alpha value is -1.69. The highest BCUT2D eigenvalue weighted by Gasteiger charge is 2.11. The van der Waals surface area contributed by atoms with Crippen molar-refractivity contribution in [3.05, 3.63) is 55.9 Å². The lowest BCUT2D eigenvalue weighted by Gasteiger charge is -2.11. The van der Waals surface area contributed by atoms with Crippen LogP contribution in [0.3, 0.4) is 0 Å². The van der Waals surface area contributed by atoms with E-state index in [-0.39, 0.29) is 16.6 Å². The summed E-state index contributed by atoms with van der Waals surface area (Å²) >= 11 is 17.5. The number of amides is 1. The van der Waals surface area contributed by atoms with Crippen LogP contribution in [0.2, 0.25) is 15.1 Å². The number of carbonyl (C=O) groups excluding carboxylic acids is 1. The molecule has 1 aromatic carbocycles. The van der Waals surface area contributed by atoms with Crippen LogP contribution in [0.15, 0.2) is 35.3 Å². The van der Waals surface area contributed by atoms with E-state index >= 15 is 0 Å². The minimum atomic E-state index is -0.501. The average Bonchev–Trinajstić information content (AvgIpc) is 2.44. The molecule has 0 spiro atoms. The molecule has 1 N–H and O–H groups in total. The Morgan fingerprint density at radius 2 is 1.95 bits per heavy atom. The van der Waals surface area contributed by atoms with Crippen molar-refractivity contribution >= 4 is 46.4 Å². The van der Waals surface area contributed by atoms with Gasteiger partial charge in [-0.3, -0.25) is 9.59 Å². The smallest absolute Gasteiger partial charge is 0.269 e. The molecule has 0 aliphatic carbocycles. The van der Waals surface area contributed by atoms with E-state index in [4.69, 9.17) is 39.5 Å². The number of methoxy groups -OCH3 is 1. The molecule has 0 atom stereocenters. The molecule has 2 rings (SSSR count). The molecule has 1 aromatic heterocycles. The summed E-state index contributed by atoms with van der Waals surface area (Å²) < 4.78 is 6.25. The lowest BCUT2D eigenvalue weighted by molar-refractivity contribution is -0.116. The Balaban J connectivity index is 2.21. The number of halogens is 3. The number of nitrogens with zero attached hydrogens (tertiary/aromatic N) is 1. The predicted molar refractivity (Wildman–Crippen MR) is 87.4 cm³/mol. The zero-order valence-electron chi connectivity index (χ0n) is 11.4. The number of anilines is 1. The molecule has 5 nitrogen and oxygen atoms in total. The van der Waals surface area contributed by atoms with Crippen LogP contribution in [0, 0.1) is 0 Å². The Bertz CT molecular complexity index is 774. The fourth-order valence-corrected chi connectivity index (χ4v) is 2.49. The van der Waals surface area contributed by atoms with Crippen molar-refractivity contribution in [1.29, 1.82) is 0 Å². The summed E-state index contributed by atoms with van der Waals surface area (Å²) in [5, 5.41) is 3.27. The first-order chi connectivity index (χ1) is 10.4. The van der Waals surface area contributed by atoms with Gasteiger partial charge in [0.2, 0.25) is 5.91 Å². The third kappa shape index (κ3) is 3.94. The Morgan fingerprint density at radius 3 is 2.64 bits per heavy atom. The van der Waals surface area contributed by atoms with Crippen LogP contribution in [-0.2, 0) is 11.3 Å². The molecule has 0 bridgehead atoms. The lowest BCUT2D eigenvalue weighted by atomic mass is 10.3. The number of ether oxygens (including phenoxy) is 1. The Labute approximate surface area is 141 Å². The van der Waals surface area contributed by atoms with Crippen molar-refractivity contribution in [2.75, 3.05) is 12.4 Å². The van der Waals surface area contributed by atoms with Gasteiger partial charge in [-0.25, -0.2) is 0 Å². The minimum Gasteiger partial charge on any atom is -0.495 e. The first-order valence-corrected chi connectivity index (χ1v) is 7.23. The highest BCUT2D eigenvalue weighted by molar-refractivity contribution is 6.34. The van der Waals surface area contributed by atoms with Gasteiger partial charge in [0.05, 0.1) is 17.8 Å². The van der Waals surface area contributed by atoms with Crippen LogP contribution in [0.5, 0.6) is 5.75 Å². The molecule has 8 heteroatoms. The fourth-order valence-electron chi connectivity index (χ4n) is 1.80. The van der Waals surface area contributed by atoms with E-state index in [1.807, 2.05) is 0 Å². The second kappa shape index (κ2) is 7.05. The molecule has 1 amide bonds. The summed E-state index contributed by atoms with van der Waals surface area (Å²) in [6.45, 7) is -0.241. The highest BCUT2D eigenvalue weighted by atomic mass is 35.5. The van der Waals surface area contributed by atoms with Gasteiger partial charge in [0.15, 0.2) is 0 Å². The Kier molecular flexibility index (Phi) is 5.34. The van der Waals surface area contributed by atoms with E-state index in [0.29, 0.717) is 16.5 Å². The third-order valence-electron chi connectivity index (χ3n) is 2.76. The van der Waals surface area contributed by atoms with Crippen molar-refractivity contribution < 1.29 is 9.53 Å². The number of pyridine rings is 1. The van der Waals surface area contributed by atoms with Gasteiger partial charge in [0.1, 0.15) is 17.3 Å². The average molecular weight is 362 g/mol. The number of hydrogen-bond donors (Lipinski definition) is 1. The third-order valence-corrected chi connectivity index (χ3v) is 3.47. The summed E-state index contributed by atoms with van der Waals surface area (Å²) in [5.41, 5.74) is -0.0968. The van der Waals surface area contributed by atoms with Crippen molar-refractivity contribution in [2.24, 2.45) is 0 Å². The van der Waals surface area contributed by atoms with Gasteiger partial charge in [-0.1, -0.05) is 34.8 Å². The van der Waals surface area contributed by atoms with Crippen LogP contribution < -0.4 is 15.6 Å². The van der Waals surface area contributed by atoms with E-state index in [1.54, 1.807) is 18.2 Å². The topological polar surface area (TPSA) is 60.3 Å². The molecule has 1 heterocycles. The van der Waals surface area contributed by atoms with Crippen LogP contribution in [0.4, 0.5) is 5.69 Å². The second-order valence-electron chi connectivity index (χ2n) is 4.33. The van der Waals surface area contributed by atoms with Crippen LogP contribution >= 0.6 is 34.8 Å². The molecule has 0 saturated heterocycles. The van der Waals surface area contributed by atoms with Gasteiger partial charge >= 0.3 is 0 Å². The lowest BCUT2D eigenvalue weighted by Crippen LogP contribution is -2.27. The number of benzene rings is 1. The molecule has 116 valence electrons. The van der Waals surface area contributed by atoms with E-state index < -0.39 is 11.5 Å². The SMILES string of the molecule is COc1ccc(Cl)cc1NC(=O)Cn1cc(Cl)cc(Cl)c1=O. The normalized spacial score (nSPS) is 10.4.